The summed E-state index contributed by atoms with van der Waals surface area (Å²) < 4.78 is 18.1. The smallest absolute Gasteiger partial charge is 0.339 e. The van der Waals surface area contributed by atoms with E-state index in [0.29, 0.717) is 5.39 Å². The number of carbonyl (C=O) groups is 1. The zero-order valence-electron chi connectivity index (χ0n) is 6.75. The minimum atomic E-state index is -1.10. The quantitative estimate of drug-likeness (QED) is 0.856. The fraction of sp³-hybridized carbons (Fsp3) is 0. The molecule has 3 nitrogen and oxygen atoms in total. The van der Waals surface area contributed by atoms with Crippen LogP contribution in [0.5, 0.6) is 0 Å². The molecular weight excluding hydrogens is 255 g/mol. The predicted octanol–water partition coefficient (Wildman–Crippen LogP) is 3.03. The summed E-state index contributed by atoms with van der Waals surface area (Å²) in [5.74, 6) is -1.58. The molecule has 1 heterocycles. The molecule has 0 spiro atoms. The fourth-order valence-corrected chi connectivity index (χ4v) is 1.65. The van der Waals surface area contributed by atoms with Gasteiger partial charge in [-0.3, -0.25) is 0 Å². The SMILES string of the molecule is O=C(O)c1coc2c(Br)c(F)ccc12. The summed E-state index contributed by atoms with van der Waals surface area (Å²) in [5.41, 5.74) is 0.239. The number of rotatable bonds is 1. The molecule has 14 heavy (non-hydrogen) atoms. The van der Waals surface area contributed by atoms with Crippen LogP contribution in [0.1, 0.15) is 10.4 Å². The summed E-state index contributed by atoms with van der Waals surface area (Å²) in [5, 5.41) is 9.14. The highest BCUT2D eigenvalue weighted by Gasteiger charge is 2.16. The largest absolute Gasteiger partial charge is 0.478 e. The van der Waals surface area contributed by atoms with Gasteiger partial charge in [0, 0.05) is 5.39 Å². The number of carboxylic acids is 1. The lowest BCUT2D eigenvalue weighted by atomic mass is 10.2. The van der Waals surface area contributed by atoms with Crippen LogP contribution in [0.4, 0.5) is 4.39 Å². The van der Waals surface area contributed by atoms with E-state index in [1.807, 2.05) is 0 Å². The van der Waals surface area contributed by atoms with Crippen LogP contribution in [0.15, 0.2) is 27.3 Å². The van der Waals surface area contributed by atoms with E-state index in [-0.39, 0.29) is 15.6 Å². The second-order valence-electron chi connectivity index (χ2n) is 2.69. The monoisotopic (exact) mass is 258 g/mol. The van der Waals surface area contributed by atoms with E-state index >= 15 is 0 Å². The van der Waals surface area contributed by atoms with E-state index in [0.717, 1.165) is 6.26 Å². The third-order valence-corrected chi connectivity index (χ3v) is 2.60. The summed E-state index contributed by atoms with van der Waals surface area (Å²) in [7, 11) is 0. The Bertz CT molecular complexity index is 518. The molecule has 0 atom stereocenters. The maximum Gasteiger partial charge on any atom is 0.339 e. The molecule has 1 N–H and O–H groups in total. The Kier molecular flexibility index (Phi) is 2.03. The van der Waals surface area contributed by atoms with Gasteiger partial charge in [-0.1, -0.05) is 0 Å². The number of halogens is 2. The minimum absolute atomic E-state index is 0.0284. The van der Waals surface area contributed by atoms with Crippen LogP contribution in [0.3, 0.4) is 0 Å². The van der Waals surface area contributed by atoms with Crippen LogP contribution < -0.4 is 0 Å². The second kappa shape index (κ2) is 3.09. The number of aromatic carboxylic acids is 1. The van der Waals surface area contributed by atoms with Gasteiger partial charge in [-0.2, -0.15) is 0 Å². The molecule has 5 heteroatoms. The van der Waals surface area contributed by atoms with Crippen LogP contribution in [0.25, 0.3) is 11.0 Å². The number of hydrogen-bond acceptors (Lipinski definition) is 2. The van der Waals surface area contributed by atoms with Crippen molar-refractivity contribution in [2.75, 3.05) is 0 Å². The molecule has 0 fully saturated rings. The predicted molar refractivity (Wildman–Crippen MR) is 50.8 cm³/mol. The fourth-order valence-electron chi connectivity index (χ4n) is 1.21. The highest BCUT2D eigenvalue weighted by atomic mass is 79.9. The molecule has 2 rings (SSSR count). The molecule has 0 aliphatic rings. The van der Waals surface area contributed by atoms with Crippen molar-refractivity contribution in [1.29, 1.82) is 0 Å². The lowest BCUT2D eigenvalue weighted by Gasteiger charge is -1.94. The molecule has 0 bridgehead atoms. The molecule has 2 aromatic rings. The molecule has 1 aromatic carbocycles. The zero-order valence-corrected chi connectivity index (χ0v) is 8.34. The van der Waals surface area contributed by atoms with Gasteiger partial charge >= 0.3 is 5.97 Å². The summed E-state index contributed by atoms with van der Waals surface area (Å²) in [6, 6.07) is 2.57. The van der Waals surface area contributed by atoms with Crippen molar-refractivity contribution in [3.63, 3.8) is 0 Å². The van der Waals surface area contributed by atoms with Gasteiger partial charge in [-0.05, 0) is 28.1 Å². The van der Waals surface area contributed by atoms with E-state index in [9.17, 15) is 9.18 Å². The highest BCUT2D eigenvalue weighted by Crippen LogP contribution is 2.30. The maximum atomic E-state index is 13.0. The van der Waals surface area contributed by atoms with Gasteiger partial charge in [-0.25, -0.2) is 9.18 Å². The van der Waals surface area contributed by atoms with Gasteiger partial charge < -0.3 is 9.52 Å². The molecule has 0 aliphatic carbocycles. The zero-order chi connectivity index (χ0) is 10.3. The Hall–Kier alpha value is -1.36. The summed E-state index contributed by atoms with van der Waals surface area (Å²) >= 11 is 2.98. The first-order valence-electron chi connectivity index (χ1n) is 3.69. The van der Waals surface area contributed by atoms with Crippen LogP contribution in [0.2, 0.25) is 0 Å². The van der Waals surface area contributed by atoms with Crippen molar-refractivity contribution in [3.05, 3.63) is 34.2 Å². The van der Waals surface area contributed by atoms with E-state index in [1.165, 1.54) is 12.1 Å². The number of benzene rings is 1. The van der Waals surface area contributed by atoms with Crippen molar-refractivity contribution in [1.82, 2.24) is 0 Å². The molecule has 0 saturated carbocycles. The van der Waals surface area contributed by atoms with Crippen molar-refractivity contribution in [3.8, 4) is 0 Å². The van der Waals surface area contributed by atoms with E-state index in [1.54, 1.807) is 0 Å². The van der Waals surface area contributed by atoms with Gasteiger partial charge in [0.25, 0.3) is 0 Å². The summed E-state index contributed by atoms with van der Waals surface area (Å²) in [6.45, 7) is 0. The lowest BCUT2D eigenvalue weighted by molar-refractivity contribution is 0.0698. The first-order chi connectivity index (χ1) is 6.61. The van der Waals surface area contributed by atoms with E-state index < -0.39 is 11.8 Å². The Morgan fingerprint density at radius 2 is 2.21 bits per heavy atom. The summed E-state index contributed by atoms with van der Waals surface area (Å²) in [6.07, 6.45) is 1.09. The standard InChI is InChI=1S/C9H4BrFO3/c10-7-6(11)2-1-4-5(9(12)13)3-14-8(4)7/h1-3H,(H,12,13). The molecule has 0 unspecified atom stereocenters. The minimum Gasteiger partial charge on any atom is -0.478 e. The van der Waals surface area contributed by atoms with Crippen molar-refractivity contribution in [2.24, 2.45) is 0 Å². The Labute approximate surface area is 86.3 Å². The van der Waals surface area contributed by atoms with Gasteiger partial charge in [0.05, 0.1) is 4.47 Å². The maximum absolute atomic E-state index is 13.0. The van der Waals surface area contributed by atoms with E-state index in [2.05, 4.69) is 15.9 Å². The number of hydrogen-bond donors (Lipinski definition) is 1. The molecule has 72 valence electrons. The normalized spacial score (nSPS) is 10.7. The topological polar surface area (TPSA) is 50.4 Å². The average Bonchev–Trinajstić information content (AvgIpc) is 2.55. The third kappa shape index (κ3) is 1.21. The first-order valence-corrected chi connectivity index (χ1v) is 4.49. The van der Waals surface area contributed by atoms with E-state index in [4.69, 9.17) is 9.52 Å². The van der Waals surface area contributed by atoms with Gasteiger partial charge in [-0.15, -0.1) is 0 Å². The molecule has 1 aromatic heterocycles. The molecule has 0 radical (unpaired) electrons. The number of carboxylic acid groups (broad SMARTS) is 1. The third-order valence-electron chi connectivity index (χ3n) is 1.87. The van der Waals surface area contributed by atoms with Crippen molar-refractivity contribution in [2.45, 2.75) is 0 Å². The Morgan fingerprint density at radius 3 is 2.86 bits per heavy atom. The first kappa shape index (κ1) is 9.21. The number of fused-ring (bicyclic) bond motifs is 1. The highest BCUT2D eigenvalue weighted by molar-refractivity contribution is 9.10. The molecule has 0 saturated heterocycles. The van der Waals surface area contributed by atoms with Crippen LogP contribution in [-0.2, 0) is 0 Å². The van der Waals surface area contributed by atoms with Crippen molar-refractivity contribution >= 4 is 32.9 Å². The molecule has 0 amide bonds. The second-order valence-corrected chi connectivity index (χ2v) is 3.49. The van der Waals surface area contributed by atoms with Gasteiger partial charge in [0.1, 0.15) is 17.6 Å². The lowest BCUT2D eigenvalue weighted by Crippen LogP contribution is -1.93. The molecular formula is C9H4BrFO3. The Morgan fingerprint density at radius 1 is 1.50 bits per heavy atom. The Balaban J connectivity index is 2.83. The van der Waals surface area contributed by atoms with Crippen molar-refractivity contribution < 1.29 is 18.7 Å². The average molecular weight is 259 g/mol. The van der Waals surface area contributed by atoms with Gasteiger partial charge in [0.2, 0.25) is 0 Å². The number of furan rings is 1. The van der Waals surface area contributed by atoms with Crippen LogP contribution in [-0.4, -0.2) is 11.1 Å². The van der Waals surface area contributed by atoms with Crippen LogP contribution in [0, 0.1) is 5.82 Å². The van der Waals surface area contributed by atoms with Gasteiger partial charge in [0.15, 0.2) is 5.58 Å². The molecule has 0 aliphatic heterocycles. The van der Waals surface area contributed by atoms with Crippen LogP contribution >= 0.6 is 15.9 Å². The summed E-state index contributed by atoms with van der Waals surface area (Å²) in [4.78, 5) is 10.7.